The zero-order chi connectivity index (χ0) is 11.6. The molecule has 0 bridgehead atoms. The summed E-state index contributed by atoms with van der Waals surface area (Å²) < 4.78 is 0. The number of primary amides is 1. The van der Waals surface area contributed by atoms with Crippen molar-refractivity contribution in [3.63, 3.8) is 0 Å². The molecule has 5 nitrogen and oxygen atoms in total. The standard InChI is InChI=1S/C9H12N2O3S/c1-4(2)6-3-5(8(12)13)7(15-6)11-9(10)14/h3-4H,1-2H3,(H,12,13)(H3,10,11,14). The van der Waals surface area contributed by atoms with E-state index in [1.54, 1.807) is 6.07 Å². The van der Waals surface area contributed by atoms with Gasteiger partial charge in [-0.25, -0.2) is 9.59 Å². The van der Waals surface area contributed by atoms with E-state index in [0.717, 1.165) is 4.88 Å². The number of amides is 2. The Morgan fingerprint density at radius 2 is 2.13 bits per heavy atom. The molecule has 4 N–H and O–H groups in total. The van der Waals surface area contributed by atoms with E-state index in [1.807, 2.05) is 13.8 Å². The highest BCUT2D eigenvalue weighted by atomic mass is 32.1. The lowest BCUT2D eigenvalue weighted by molar-refractivity contribution is 0.0698. The van der Waals surface area contributed by atoms with Crippen LogP contribution in [0.5, 0.6) is 0 Å². The first-order valence-electron chi connectivity index (χ1n) is 4.35. The monoisotopic (exact) mass is 228 g/mol. The van der Waals surface area contributed by atoms with Crippen molar-refractivity contribution in [1.29, 1.82) is 0 Å². The Labute approximate surface area is 90.9 Å². The summed E-state index contributed by atoms with van der Waals surface area (Å²) >= 11 is 1.23. The average molecular weight is 228 g/mol. The van der Waals surface area contributed by atoms with Crippen LogP contribution in [0.3, 0.4) is 0 Å². The first kappa shape index (κ1) is 11.5. The highest BCUT2D eigenvalue weighted by Crippen LogP contribution is 2.32. The van der Waals surface area contributed by atoms with Gasteiger partial charge < -0.3 is 10.8 Å². The third kappa shape index (κ3) is 2.69. The van der Waals surface area contributed by atoms with Crippen molar-refractivity contribution in [1.82, 2.24) is 0 Å². The maximum Gasteiger partial charge on any atom is 0.338 e. The number of nitrogens with two attached hydrogens (primary N) is 1. The van der Waals surface area contributed by atoms with Gasteiger partial charge in [0.25, 0.3) is 0 Å². The van der Waals surface area contributed by atoms with Crippen LogP contribution in [0.2, 0.25) is 0 Å². The number of urea groups is 1. The van der Waals surface area contributed by atoms with E-state index in [-0.39, 0.29) is 11.5 Å². The summed E-state index contributed by atoms with van der Waals surface area (Å²) in [6.45, 7) is 3.90. The Balaban J connectivity index is 3.11. The van der Waals surface area contributed by atoms with E-state index in [2.05, 4.69) is 5.32 Å². The number of aromatic carboxylic acids is 1. The second-order valence-electron chi connectivity index (χ2n) is 3.34. The summed E-state index contributed by atoms with van der Waals surface area (Å²) in [4.78, 5) is 22.4. The van der Waals surface area contributed by atoms with Gasteiger partial charge >= 0.3 is 12.0 Å². The summed E-state index contributed by atoms with van der Waals surface area (Å²) in [5, 5.41) is 11.5. The smallest absolute Gasteiger partial charge is 0.338 e. The molecule has 0 aromatic carbocycles. The number of thiophene rings is 1. The van der Waals surface area contributed by atoms with Crippen LogP contribution in [-0.2, 0) is 0 Å². The number of hydrogen-bond donors (Lipinski definition) is 3. The van der Waals surface area contributed by atoms with Crippen LogP contribution in [0.4, 0.5) is 9.80 Å². The van der Waals surface area contributed by atoms with Crippen LogP contribution in [0.15, 0.2) is 6.07 Å². The quantitative estimate of drug-likeness (QED) is 0.739. The molecule has 0 atom stereocenters. The summed E-state index contributed by atoms with van der Waals surface area (Å²) in [5.41, 5.74) is 5.03. The van der Waals surface area contributed by atoms with Crippen molar-refractivity contribution < 1.29 is 14.7 Å². The van der Waals surface area contributed by atoms with E-state index in [1.165, 1.54) is 11.3 Å². The van der Waals surface area contributed by atoms with Crippen molar-refractivity contribution in [3.8, 4) is 0 Å². The third-order valence-electron chi connectivity index (χ3n) is 1.79. The van der Waals surface area contributed by atoms with E-state index < -0.39 is 12.0 Å². The van der Waals surface area contributed by atoms with Crippen LogP contribution in [-0.4, -0.2) is 17.1 Å². The van der Waals surface area contributed by atoms with Crippen LogP contribution in [0, 0.1) is 0 Å². The number of rotatable bonds is 3. The summed E-state index contributed by atoms with van der Waals surface area (Å²) in [5.74, 6) is -0.849. The largest absolute Gasteiger partial charge is 0.478 e. The van der Waals surface area contributed by atoms with Gasteiger partial charge in [0.2, 0.25) is 0 Å². The van der Waals surface area contributed by atoms with Crippen molar-refractivity contribution in [2.24, 2.45) is 5.73 Å². The molecule has 1 aromatic rings. The maximum absolute atomic E-state index is 10.9. The fraction of sp³-hybridized carbons (Fsp3) is 0.333. The summed E-state index contributed by atoms with van der Waals surface area (Å²) in [7, 11) is 0. The molecule has 0 spiro atoms. The molecule has 0 fully saturated rings. The highest BCUT2D eigenvalue weighted by Gasteiger charge is 2.17. The number of nitrogens with one attached hydrogen (secondary N) is 1. The molecule has 1 rings (SSSR count). The number of carboxylic acid groups (broad SMARTS) is 1. The molecular weight excluding hydrogens is 216 g/mol. The van der Waals surface area contributed by atoms with Gasteiger partial charge in [0.1, 0.15) is 5.00 Å². The van der Waals surface area contributed by atoms with Crippen LogP contribution in [0.1, 0.15) is 35.0 Å². The van der Waals surface area contributed by atoms with Gasteiger partial charge in [0.05, 0.1) is 5.56 Å². The molecule has 0 saturated heterocycles. The topological polar surface area (TPSA) is 92.4 Å². The SMILES string of the molecule is CC(C)c1cc(C(=O)O)c(NC(N)=O)s1. The highest BCUT2D eigenvalue weighted by molar-refractivity contribution is 7.16. The minimum Gasteiger partial charge on any atom is -0.478 e. The lowest BCUT2D eigenvalue weighted by atomic mass is 10.1. The van der Waals surface area contributed by atoms with E-state index in [9.17, 15) is 9.59 Å². The maximum atomic E-state index is 10.9. The normalized spacial score (nSPS) is 10.3. The molecule has 0 aliphatic carbocycles. The molecule has 0 saturated carbocycles. The Morgan fingerprint density at radius 1 is 1.53 bits per heavy atom. The van der Waals surface area contributed by atoms with E-state index in [0.29, 0.717) is 5.00 Å². The second-order valence-corrected chi connectivity index (χ2v) is 4.42. The minimum atomic E-state index is -1.07. The molecule has 0 aliphatic rings. The fourth-order valence-electron chi connectivity index (χ4n) is 1.06. The molecular formula is C9H12N2O3S. The predicted molar refractivity (Wildman–Crippen MR) is 58.6 cm³/mol. The van der Waals surface area contributed by atoms with E-state index in [4.69, 9.17) is 10.8 Å². The Kier molecular flexibility index (Phi) is 3.31. The first-order valence-corrected chi connectivity index (χ1v) is 5.17. The van der Waals surface area contributed by atoms with Gasteiger partial charge in [-0.15, -0.1) is 11.3 Å². The van der Waals surface area contributed by atoms with Crippen molar-refractivity contribution in [3.05, 3.63) is 16.5 Å². The zero-order valence-corrected chi connectivity index (χ0v) is 9.22. The second kappa shape index (κ2) is 4.31. The number of carbonyl (C=O) groups is 2. The van der Waals surface area contributed by atoms with Crippen LogP contribution in [0.25, 0.3) is 0 Å². The molecule has 6 heteroatoms. The zero-order valence-electron chi connectivity index (χ0n) is 8.40. The van der Waals surface area contributed by atoms with E-state index >= 15 is 0 Å². The number of hydrogen-bond acceptors (Lipinski definition) is 3. The third-order valence-corrected chi connectivity index (χ3v) is 3.14. The Bertz CT molecular complexity index is 398. The predicted octanol–water partition coefficient (Wildman–Crippen LogP) is 2.06. The Hall–Kier alpha value is -1.56. The summed E-state index contributed by atoms with van der Waals surface area (Å²) in [6.07, 6.45) is 0. The molecule has 82 valence electrons. The van der Waals surface area contributed by atoms with Gasteiger partial charge in [-0.3, -0.25) is 5.32 Å². The molecule has 1 aromatic heterocycles. The summed E-state index contributed by atoms with van der Waals surface area (Å²) in [6, 6.07) is 0.804. The molecule has 0 unspecified atom stereocenters. The van der Waals surface area contributed by atoms with Crippen LogP contribution < -0.4 is 11.1 Å². The van der Waals surface area contributed by atoms with Crippen molar-refractivity contribution in [2.45, 2.75) is 19.8 Å². The number of carboxylic acids is 1. The van der Waals surface area contributed by atoms with Crippen molar-refractivity contribution in [2.75, 3.05) is 5.32 Å². The van der Waals surface area contributed by atoms with Gasteiger partial charge in [-0.2, -0.15) is 0 Å². The molecule has 0 aliphatic heterocycles. The molecule has 1 heterocycles. The van der Waals surface area contributed by atoms with Crippen LogP contribution >= 0.6 is 11.3 Å². The van der Waals surface area contributed by atoms with Crippen molar-refractivity contribution >= 4 is 28.3 Å². The fourth-order valence-corrected chi connectivity index (χ4v) is 2.11. The average Bonchev–Trinajstić information content (AvgIpc) is 2.46. The minimum absolute atomic E-state index is 0.0856. The first-order chi connectivity index (χ1) is 6.91. The van der Waals surface area contributed by atoms with Gasteiger partial charge in [0.15, 0.2) is 0 Å². The van der Waals surface area contributed by atoms with Gasteiger partial charge in [-0.1, -0.05) is 13.8 Å². The van der Waals surface area contributed by atoms with Gasteiger partial charge in [0, 0.05) is 4.88 Å². The molecule has 15 heavy (non-hydrogen) atoms. The number of carbonyl (C=O) groups excluding carboxylic acids is 1. The lowest BCUT2D eigenvalue weighted by Crippen LogP contribution is -2.19. The van der Waals surface area contributed by atoms with Gasteiger partial charge in [-0.05, 0) is 12.0 Å². The number of anilines is 1. The molecule has 0 radical (unpaired) electrons. The Morgan fingerprint density at radius 3 is 2.53 bits per heavy atom. The lowest BCUT2D eigenvalue weighted by Gasteiger charge is -1.99. The molecule has 2 amide bonds.